The minimum atomic E-state index is -3.46. The zero-order chi connectivity index (χ0) is 13.2. The summed E-state index contributed by atoms with van der Waals surface area (Å²) in [5, 5.41) is 0.171. The molecule has 1 atom stereocenters. The third kappa shape index (κ3) is 2.87. The molecule has 17 heavy (non-hydrogen) atoms. The Labute approximate surface area is 103 Å². The van der Waals surface area contributed by atoms with Crippen LogP contribution in [0.15, 0.2) is 11.2 Å². The molecule has 0 aliphatic heterocycles. The van der Waals surface area contributed by atoms with Gasteiger partial charge in [0.25, 0.3) is 10.0 Å². The lowest BCUT2D eigenvalue weighted by atomic mass is 10.1. The van der Waals surface area contributed by atoms with Gasteiger partial charge in [-0.1, -0.05) is 20.8 Å². The van der Waals surface area contributed by atoms with Gasteiger partial charge in [-0.25, -0.2) is 13.4 Å². The number of aromatic nitrogens is 2. The number of aromatic amines is 1. The highest BCUT2D eigenvalue weighted by molar-refractivity contribution is 7.89. The average Bonchev–Trinajstić information content (AvgIpc) is 2.75. The zero-order valence-electron chi connectivity index (χ0n) is 11.1. The number of imidazole rings is 1. The lowest BCUT2D eigenvalue weighted by Gasteiger charge is -2.26. The van der Waals surface area contributed by atoms with Gasteiger partial charge in [0, 0.05) is 19.5 Å². The molecular formula is C11H21N3O2S. The number of nitrogens with one attached hydrogen (secondary N) is 1. The predicted molar refractivity (Wildman–Crippen MR) is 67.2 cm³/mol. The van der Waals surface area contributed by atoms with Crippen LogP contribution >= 0.6 is 0 Å². The van der Waals surface area contributed by atoms with Crippen molar-refractivity contribution in [2.75, 3.05) is 7.05 Å². The maximum absolute atomic E-state index is 12.3. The van der Waals surface area contributed by atoms with E-state index in [1.165, 1.54) is 10.5 Å². The number of aryl methyl sites for hydroxylation is 1. The quantitative estimate of drug-likeness (QED) is 0.874. The minimum absolute atomic E-state index is 0.0478. The second-order valence-corrected chi connectivity index (χ2v) is 6.52. The van der Waals surface area contributed by atoms with Gasteiger partial charge in [-0.3, -0.25) is 0 Å². The van der Waals surface area contributed by atoms with E-state index < -0.39 is 10.0 Å². The lowest BCUT2D eigenvalue weighted by molar-refractivity contribution is 0.315. The molecule has 0 amide bonds. The van der Waals surface area contributed by atoms with E-state index in [9.17, 15) is 8.42 Å². The van der Waals surface area contributed by atoms with Crippen molar-refractivity contribution in [1.29, 1.82) is 0 Å². The van der Waals surface area contributed by atoms with Crippen molar-refractivity contribution in [2.24, 2.45) is 5.92 Å². The summed E-state index contributed by atoms with van der Waals surface area (Å²) in [5.74, 6) is 0.956. The minimum Gasteiger partial charge on any atom is -0.332 e. The molecule has 1 unspecified atom stereocenters. The third-order valence-electron chi connectivity index (χ3n) is 3.14. The first kappa shape index (κ1) is 14.2. The van der Waals surface area contributed by atoms with Crippen LogP contribution in [0, 0.1) is 5.92 Å². The van der Waals surface area contributed by atoms with Crippen LogP contribution in [0.25, 0.3) is 0 Å². The first-order chi connectivity index (χ1) is 7.80. The molecular weight excluding hydrogens is 238 g/mol. The number of sulfonamides is 1. The lowest BCUT2D eigenvalue weighted by Crippen LogP contribution is -2.38. The first-order valence-corrected chi connectivity index (χ1v) is 7.26. The second kappa shape index (κ2) is 5.18. The van der Waals surface area contributed by atoms with Gasteiger partial charge >= 0.3 is 0 Å². The highest BCUT2D eigenvalue weighted by Gasteiger charge is 2.28. The van der Waals surface area contributed by atoms with E-state index in [4.69, 9.17) is 0 Å². The van der Waals surface area contributed by atoms with Crippen LogP contribution in [0.4, 0.5) is 0 Å². The molecule has 1 heterocycles. The normalized spacial score (nSPS) is 14.5. The summed E-state index contributed by atoms with van der Waals surface area (Å²) in [6.45, 7) is 7.83. The summed E-state index contributed by atoms with van der Waals surface area (Å²) < 4.78 is 25.9. The number of rotatable bonds is 5. The van der Waals surface area contributed by atoms with E-state index in [-0.39, 0.29) is 17.0 Å². The Kier molecular flexibility index (Phi) is 4.32. The standard InChI is InChI=1S/C11H21N3O2S/c1-6-10-12-7-11(13-10)17(15,16)14(5)9(4)8(2)3/h7-9H,6H2,1-5H3,(H,12,13). The topological polar surface area (TPSA) is 66.1 Å². The van der Waals surface area contributed by atoms with Gasteiger partial charge in [0.1, 0.15) is 5.82 Å². The van der Waals surface area contributed by atoms with Crippen LogP contribution in [-0.2, 0) is 16.4 Å². The van der Waals surface area contributed by atoms with E-state index in [1.54, 1.807) is 7.05 Å². The summed E-state index contributed by atoms with van der Waals surface area (Å²) in [4.78, 5) is 6.86. The molecule has 0 radical (unpaired) electrons. The molecule has 1 aromatic heterocycles. The summed E-state index contributed by atoms with van der Waals surface area (Å²) in [6, 6.07) is -0.0478. The smallest absolute Gasteiger partial charge is 0.260 e. The van der Waals surface area contributed by atoms with Gasteiger partial charge in [-0.15, -0.1) is 0 Å². The van der Waals surface area contributed by atoms with Crippen LogP contribution in [-0.4, -0.2) is 35.8 Å². The van der Waals surface area contributed by atoms with Crippen molar-refractivity contribution in [3.05, 3.63) is 12.0 Å². The Morgan fingerprint density at radius 3 is 2.41 bits per heavy atom. The van der Waals surface area contributed by atoms with Gasteiger partial charge in [0.2, 0.25) is 0 Å². The molecule has 6 heteroatoms. The molecule has 1 aromatic rings. The number of hydrogen-bond acceptors (Lipinski definition) is 3. The van der Waals surface area contributed by atoms with Crippen molar-refractivity contribution in [3.8, 4) is 0 Å². The molecule has 1 N–H and O–H groups in total. The van der Waals surface area contributed by atoms with Crippen LogP contribution in [0.5, 0.6) is 0 Å². The van der Waals surface area contributed by atoms with Gasteiger partial charge in [-0.2, -0.15) is 4.31 Å². The van der Waals surface area contributed by atoms with Crippen molar-refractivity contribution < 1.29 is 8.42 Å². The zero-order valence-corrected chi connectivity index (χ0v) is 11.9. The third-order valence-corrected chi connectivity index (χ3v) is 4.99. The average molecular weight is 259 g/mol. The number of nitrogens with zero attached hydrogens (tertiary/aromatic N) is 2. The first-order valence-electron chi connectivity index (χ1n) is 5.82. The molecule has 0 bridgehead atoms. The Hall–Kier alpha value is -0.880. The predicted octanol–water partition coefficient (Wildman–Crippen LogP) is 1.64. The molecule has 98 valence electrons. The largest absolute Gasteiger partial charge is 0.332 e. The molecule has 0 aliphatic carbocycles. The number of hydrogen-bond donors (Lipinski definition) is 1. The van der Waals surface area contributed by atoms with Gasteiger partial charge in [0.15, 0.2) is 5.03 Å². The highest BCUT2D eigenvalue weighted by Crippen LogP contribution is 2.18. The monoisotopic (exact) mass is 259 g/mol. The summed E-state index contributed by atoms with van der Waals surface area (Å²) in [7, 11) is -1.85. The van der Waals surface area contributed by atoms with Crippen LogP contribution < -0.4 is 0 Å². The van der Waals surface area contributed by atoms with Crippen molar-refractivity contribution in [1.82, 2.24) is 14.3 Å². The van der Waals surface area contributed by atoms with E-state index >= 15 is 0 Å². The fourth-order valence-electron chi connectivity index (χ4n) is 1.45. The van der Waals surface area contributed by atoms with E-state index in [0.29, 0.717) is 12.2 Å². The summed E-state index contributed by atoms with van der Waals surface area (Å²) >= 11 is 0. The number of H-pyrrole nitrogens is 1. The summed E-state index contributed by atoms with van der Waals surface area (Å²) in [5.41, 5.74) is 0. The second-order valence-electron chi connectivity index (χ2n) is 4.55. The molecule has 0 spiro atoms. The fraction of sp³-hybridized carbons (Fsp3) is 0.727. The van der Waals surface area contributed by atoms with Crippen LogP contribution in [0.1, 0.15) is 33.5 Å². The van der Waals surface area contributed by atoms with Crippen molar-refractivity contribution in [3.63, 3.8) is 0 Å². The maximum atomic E-state index is 12.3. The van der Waals surface area contributed by atoms with Gasteiger partial charge in [0.05, 0.1) is 6.20 Å². The Morgan fingerprint density at radius 2 is 2.00 bits per heavy atom. The Morgan fingerprint density at radius 1 is 1.41 bits per heavy atom. The van der Waals surface area contributed by atoms with Crippen LogP contribution in [0.2, 0.25) is 0 Å². The van der Waals surface area contributed by atoms with Crippen molar-refractivity contribution >= 4 is 10.0 Å². The van der Waals surface area contributed by atoms with E-state index in [1.807, 2.05) is 27.7 Å². The molecule has 0 fully saturated rings. The molecule has 0 saturated heterocycles. The highest BCUT2D eigenvalue weighted by atomic mass is 32.2. The summed E-state index contributed by atoms with van der Waals surface area (Å²) in [6.07, 6.45) is 2.08. The van der Waals surface area contributed by atoms with Gasteiger partial charge in [-0.05, 0) is 12.8 Å². The van der Waals surface area contributed by atoms with Gasteiger partial charge < -0.3 is 4.98 Å². The Bertz CT molecular complexity index is 465. The molecule has 0 aliphatic rings. The molecule has 5 nitrogen and oxygen atoms in total. The fourth-order valence-corrected chi connectivity index (χ4v) is 2.87. The maximum Gasteiger partial charge on any atom is 0.260 e. The SMILES string of the molecule is CCc1ncc(S(=O)(=O)N(C)C(C)C(C)C)[nH]1. The van der Waals surface area contributed by atoms with E-state index in [2.05, 4.69) is 9.97 Å². The van der Waals surface area contributed by atoms with Crippen molar-refractivity contribution in [2.45, 2.75) is 45.2 Å². The molecule has 0 saturated carbocycles. The molecule has 0 aromatic carbocycles. The Balaban J connectivity index is 3.02. The van der Waals surface area contributed by atoms with Crippen LogP contribution in [0.3, 0.4) is 0 Å². The molecule has 1 rings (SSSR count). The van der Waals surface area contributed by atoms with E-state index in [0.717, 1.165) is 0 Å².